The second-order valence-corrected chi connectivity index (χ2v) is 11.3. The van der Waals surface area contributed by atoms with Crippen LogP contribution >= 0.6 is 15.9 Å². The van der Waals surface area contributed by atoms with Crippen LogP contribution in [0, 0.1) is 0 Å². The average Bonchev–Trinajstić information content (AvgIpc) is 3.35. The molecule has 0 aliphatic heterocycles. The van der Waals surface area contributed by atoms with Gasteiger partial charge in [-0.05, 0) is 54.4 Å². The van der Waals surface area contributed by atoms with Crippen LogP contribution in [0.3, 0.4) is 0 Å². The normalized spacial score (nSPS) is 11.4. The largest absolute Gasteiger partial charge is 0.309 e. The van der Waals surface area contributed by atoms with Crippen molar-refractivity contribution in [2.24, 2.45) is 0 Å². The van der Waals surface area contributed by atoms with Crippen molar-refractivity contribution in [2.75, 3.05) is 0 Å². The first-order valence-electron chi connectivity index (χ1n) is 14.0. The Labute approximate surface area is 248 Å². The molecule has 0 fully saturated rings. The van der Waals surface area contributed by atoms with Crippen LogP contribution in [-0.2, 0) is 6.42 Å². The summed E-state index contributed by atoms with van der Waals surface area (Å²) in [6.45, 7) is 2.21. The number of aromatic nitrogens is 3. The Morgan fingerprint density at radius 3 is 2.05 bits per heavy atom. The Kier molecular flexibility index (Phi) is 6.69. The zero-order valence-corrected chi connectivity index (χ0v) is 24.3. The molecule has 0 atom stereocenters. The molecule has 4 heteroatoms. The minimum absolute atomic E-state index is 0.712. The fourth-order valence-electron chi connectivity index (χ4n) is 5.62. The fraction of sp³-hybridized carbons (Fsp3) is 0.0811. The third-order valence-electron chi connectivity index (χ3n) is 7.58. The molecule has 41 heavy (non-hydrogen) atoms. The van der Waals surface area contributed by atoms with Crippen molar-refractivity contribution >= 4 is 37.7 Å². The second kappa shape index (κ2) is 10.8. The van der Waals surface area contributed by atoms with Crippen molar-refractivity contribution in [2.45, 2.75) is 19.8 Å². The van der Waals surface area contributed by atoms with E-state index >= 15 is 0 Å². The molecule has 0 N–H and O–H groups in total. The van der Waals surface area contributed by atoms with Gasteiger partial charge in [0.2, 0.25) is 0 Å². The first-order chi connectivity index (χ1) is 20.2. The summed E-state index contributed by atoms with van der Waals surface area (Å²) in [4.78, 5) is 10.2. The number of hydrogen-bond acceptors (Lipinski definition) is 2. The van der Waals surface area contributed by atoms with Crippen LogP contribution in [0.15, 0.2) is 132 Å². The zero-order valence-electron chi connectivity index (χ0n) is 22.8. The summed E-state index contributed by atoms with van der Waals surface area (Å²) in [5.41, 5.74) is 9.74. The predicted octanol–water partition coefficient (Wildman–Crippen LogP) is 10.3. The van der Waals surface area contributed by atoms with E-state index in [1.807, 2.05) is 6.07 Å². The monoisotopic (exact) mass is 593 g/mol. The number of benzene rings is 5. The summed E-state index contributed by atoms with van der Waals surface area (Å²) in [6, 6.07) is 44.8. The minimum Gasteiger partial charge on any atom is -0.309 e. The molecule has 0 spiro atoms. The minimum atomic E-state index is 0.712. The van der Waals surface area contributed by atoms with Crippen molar-refractivity contribution < 1.29 is 0 Å². The maximum absolute atomic E-state index is 5.11. The Balaban J connectivity index is 1.40. The summed E-state index contributed by atoms with van der Waals surface area (Å²) in [5.74, 6) is 0.712. The summed E-state index contributed by atoms with van der Waals surface area (Å²) in [5, 5.41) is 2.45. The van der Waals surface area contributed by atoms with Gasteiger partial charge < -0.3 is 4.57 Å². The van der Waals surface area contributed by atoms with Crippen LogP contribution in [-0.4, -0.2) is 14.5 Å². The van der Waals surface area contributed by atoms with Crippen molar-refractivity contribution in [3.8, 4) is 39.6 Å². The lowest BCUT2D eigenvalue weighted by atomic mass is 10.0. The second-order valence-electron chi connectivity index (χ2n) is 10.3. The number of aryl methyl sites for hydroxylation is 1. The van der Waals surface area contributed by atoms with E-state index in [1.165, 1.54) is 27.4 Å². The molecule has 0 saturated heterocycles. The molecule has 2 aromatic heterocycles. The van der Waals surface area contributed by atoms with Crippen molar-refractivity contribution in [1.29, 1.82) is 0 Å². The van der Waals surface area contributed by atoms with Gasteiger partial charge >= 0.3 is 0 Å². The molecule has 0 aliphatic carbocycles. The summed E-state index contributed by atoms with van der Waals surface area (Å²) in [6.07, 6.45) is 2.21. The van der Waals surface area contributed by atoms with E-state index in [-0.39, 0.29) is 0 Å². The maximum atomic E-state index is 5.11. The van der Waals surface area contributed by atoms with Crippen LogP contribution in [0.2, 0.25) is 0 Å². The Morgan fingerprint density at radius 1 is 0.585 bits per heavy atom. The van der Waals surface area contributed by atoms with Crippen LogP contribution < -0.4 is 0 Å². The van der Waals surface area contributed by atoms with Crippen LogP contribution in [0.4, 0.5) is 0 Å². The van der Waals surface area contributed by atoms with E-state index in [2.05, 4.69) is 149 Å². The first kappa shape index (κ1) is 25.4. The molecule has 0 saturated carbocycles. The number of nitrogens with zero attached hydrogens (tertiary/aromatic N) is 3. The van der Waals surface area contributed by atoms with Crippen LogP contribution in [0.1, 0.15) is 18.9 Å². The molecule has 198 valence electrons. The molecule has 2 heterocycles. The van der Waals surface area contributed by atoms with Crippen molar-refractivity contribution in [3.63, 3.8) is 0 Å². The van der Waals surface area contributed by atoms with E-state index < -0.39 is 0 Å². The van der Waals surface area contributed by atoms with Gasteiger partial charge in [0, 0.05) is 37.6 Å². The van der Waals surface area contributed by atoms with Crippen LogP contribution in [0.25, 0.3) is 61.4 Å². The van der Waals surface area contributed by atoms with Gasteiger partial charge in [-0.1, -0.05) is 114 Å². The maximum Gasteiger partial charge on any atom is 0.160 e. The molecule has 0 amide bonds. The van der Waals surface area contributed by atoms with Gasteiger partial charge in [0.25, 0.3) is 0 Å². The van der Waals surface area contributed by atoms with E-state index in [1.54, 1.807) is 0 Å². The quantitative estimate of drug-likeness (QED) is 0.192. The molecule has 7 rings (SSSR count). The fourth-order valence-corrected chi connectivity index (χ4v) is 5.98. The predicted molar refractivity (Wildman–Crippen MR) is 174 cm³/mol. The lowest BCUT2D eigenvalue weighted by molar-refractivity contribution is 0.922. The molecule has 7 aromatic rings. The van der Waals surface area contributed by atoms with Gasteiger partial charge in [0.1, 0.15) is 0 Å². The summed E-state index contributed by atoms with van der Waals surface area (Å²) in [7, 11) is 0. The highest BCUT2D eigenvalue weighted by Gasteiger charge is 2.15. The molecule has 5 aromatic carbocycles. The third kappa shape index (κ3) is 4.85. The van der Waals surface area contributed by atoms with Gasteiger partial charge in [-0.25, -0.2) is 9.97 Å². The van der Waals surface area contributed by atoms with Gasteiger partial charge in [0.15, 0.2) is 5.82 Å². The molecule has 3 nitrogen and oxygen atoms in total. The third-order valence-corrected chi connectivity index (χ3v) is 8.07. The molecular weight excluding hydrogens is 566 g/mol. The number of rotatable bonds is 6. The van der Waals surface area contributed by atoms with E-state index in [0.717, 1.165) is 51.1 Å². The highest BCUT2D eigenvalue weighted by molar-refractivity contribution is 9.10. The molecule has 0 aliphatic rings. The molecule has 0 radical (unpaired) electrons. The Morgan fingerprint density at radius 2 is 1.27 bits per heavy atom. The molecular formula is C37H28BrN3. The van der Waals surface area contributed by atoms with Gasteiger partial charge in [0.05, 0.1) is 22.4 Å². The highest BCUT2D eigenvalue weighted by Crippen LogP contribution is 2.35. The van der Waals surface area contributed by atoms with Gasteiger partial charge in [-0.2, -0.15) is 0 Å². The topological polar surface area (TPSA) is 30.7 Å². The lowest BCUT2D eigenvalue weighted by Crippen LogP contribution is -1.98. The van der Waals surface area contributed by atoms with E-state index in [0.29, 0.717) is 5.82 Å². The first-order valence-corrected chi connectivity index (χ1v) is 14.8. The number of hydrogen-bond donors (Lipinski definition) is 0. The van der Waals surface area contributed by atoms with E-state index in [9.17, 15) is 0 Å². The van der Waals surface area contributed by atoms with Crippen molar-refractivity contribution in [1.82, 2.24) is 14.5 Å². The molecule has 0 bridgehead atoms. The van der Waals surface area contributed by atoms with Gasteiger partial charge in [-0.15, -0.1) is 0 Å². The highest BCUT2D eigenvalue weighted by atomic mass is 79.9. The SMILES string of the molecule is CCCc1ccc(-c2cc(-c3ccccc3)nc(-c3cccc(-n4c5ccccc5c5cc(Br)ccc54)c3)n2)cc1. The Hall–Kier alpha value is -4.54. The summed E-state index contributed by atoms with van der Waals surface area (Å²) < 4.78 is 3.40. The average molecular weight is 595 g/mol. The Bertz CT molecular complexity index is 2010. The zero-order chi connectivity index (χ0) is 27.8. The lowest BCUT2D eigenvalue weighted by Gasteiger charge is -2.12. The van der Waals surface area contributed by atoms with Crippen LogP contribution in [0.5, 0.6) is 0 Å². The number of halogens is 1. The number of para-hydroxylation sites is 1. The standard InChI is InChI=1S/C37H28BrN3/c1-2-9-25-16-18-27(19-17-25)34-24-33(26-10-4-3-5-11-26)39-37(40-34)28-12-8-13-30(22-28)41-35-15-7-6-14-31(35)32-23-29(38)20-21-36(32)41/h3-8,10-24H,2,9H2,1H3. The number of fused-ring (bicyclic) bond motifs is 3. The molecule has 0 unspecified atom stereocenters. The van der Waals surface area contributed by atoms with Gasteiger partial charge in [-0.3, -0.25) is 0 Å². The smallest absolute Gasteiger partial charge is 0.160 e. The van der Waals surface area contributed by atoms with Crippen molar-refractivity contribution in [3.05, 3.63) is 137 Å². The van der Waals surface area contributed by atoms with E-state index in [4.69, 9.17) is 9.97 Å². The summed E-state index contributed by atoms with van der Waals surface area (Å²) >= 11 is 3.66.